The summed E-state index contributed by atoms with van der Waals surface area (Å²) in [5, 5.41) is 11.8. The first-order valence-electron chi connectivity index (χ1n) is 7.41. The fourth-order valence-electron chi connectivity index (χ4n) is 2.59. The average molecular weight is 287 g/mol. The fraction of sp³-hybridized carbons (Fsp3) is 0.500. The summed E-state index contributed by atoms with van der Waals surface area (Å²) in [5.74, 6) is 0.315. The van der Waals surface area contributed by atoms with Crippen LogP contribution in [0.15, 0.2) is 18.2 Å². The first kappa shape index (κ1) is 15.2. The number of nitrogens with one attached hydrogen (secondary N) is 1. The quantitative estimate of drug-likeness (QED) is 0.657. The summed E-state index contributed by atoms with van der Waals surface area (Å²) < 4.78 is 5.42. The van der Waals surface area contributed by atoms with Crippen LogP contribution in [0.1, 0.15) is 44.1 Å². The molecule has 0 spiro atoms. The van der Waals surface area contributed by atoms with Gasteiger partial charge in [-0.2, -0.15) is 5.26 Å². The summed E-state index contributed by atoms with van der Waals surface area (Å²) in [6, 6.07) is 7.05. The van der Waals surface area contributed by atoms with Crippen molar-refractivity contribution in [3.05, 3.63) is 23.8 Å². The molecule has 1 saturated carbocycles. The molecule has 1 aliphatic carbocycles. The maximum atomic E-state index is 11.9. The minimum atomic E-state index is -0.120. The predicted octanol–water partition coefficient (Wildman–Crippen LogP) is 2.36. The number of nitrogens with two attached hydrogens (primary N) is 1. The van der Waals surface area contributed by atoms with Crippen molar-refractivity contribution in [1.82, 2.24) is 5.32 Å². The SMILES string of the molecule is N#Cc1ccc(OCC(=O)NC2CCCCCC2)c(N)c1. The topological polar surface area (TPSA) is 88.1 Å². The summed E-state index contributed by atoms with van der Waals surface area (Å²) in [6.07, 6.45) is 6.95. The van der Waals surface area contributed by atoms with Crippen LogP contribution in [0.5, 0.6) is 5.75 Å². The van der Waals surface area contributed by atoms with Gasteiger partial charge in [-0.3, -0.25) is 4.79 Å². The van der Waals surface area contributed by atoms with Gasteiger partial charge in [0.05, 0.1) is 17.3 Å². The van der Waals surface area contributed by atoms with Crippen molar-refractivity contribution in [1.29, 1.82) is 5.26 Å². The summed E-state index contributed by atoms with van der Waals surface area (Å²) in [5.41, 5.74) is 6.63. The van der Waals surface area contributed by atoms with Crippen LogP contribution in [0.3, 0.4) is 0 Å². The van der Waals surface area contributed by atoms with Gasteiger partial charge in [0.25, 0.3) is 5.91 Å². The molecule has 5 heteroatoms. The van der Waals surface area contributed by atoms with Crippen LogP contribution in [-0.2, 0) is 4.79 Å². The Hall–Kier alpha value is -2.22. The van der Waals surface area contributed by atoms with Gasteiger partial charge in [0, 0.05) is 6.04 Å². The second-order valence-electron chi connectivity index (χ2n) is 5.41. The molecule has 0 aliphatic heterocycles. The third kappa shape index (κ3) is 4.67. The highest BCUT2D eigenvalue weighted by atomic mass is 16.5. The van der Waals surface area contributed by atoms with Crippen LogP contribution < -0.4 is 15.8 Å². The van der Waals surface area contributed by atoms with Gasteiger partial charge in [-0.25, -0.2) is 0 Å². The molecule has 1 aromatic rings. The zero-order valence-electron chi connectivity index (χ0n) is 12.1. The highest BCUT2D eigenvalue weighted by Crippen LogP contribution is 2.22. The van der Waals surface area contributed by atoms with Crippen LogP contribution in [-0.4, -0.2) is 18.6 Å². The van der Waals surface area contributed by atoms with Crippen LogP contribution in [0.25, 0.3) is 0 Å². The van der Waals surface area contributed by atoms with E-state index in [-0.39, 0.29) is 18.6 Å². The van der Waals surface area contributed by atoms with E-state index in [1.165, 1.54) is 25.7 Å². The molecule has 0 radical (unpaired) electrons. The van der Waals surface area contributed by atoms with Gasteiger partial charge in [-0.1, -0.05) is 25.7 Å². The summed E-state index contributed by atoms with van der Waals surface area (Å²) >= 11 is 0. The Morgan fingerprint density at radius 2 is 2.05 bits per heavy atom. The van der Waals surface area contributed by atoms with Gasteiger partial charge in [0.2, 0.25) is 0 Å². The molecule has 0 aromatic heterocycles. The Balaban J connectivity index is 1.82. The van der Waals surface area contributed by atoms with Gasteiger partial charge < -0.3 is 15.8 Å². The second-order valence-corrected chi connectivity index (χ2v) is 5.41. The fourth-order valence-corrected chi connectivity index (χ4v) is 2.59. The first-order chi connectivity index (χ1) is 10.2. The van der Waals surface area contributed by atoms with E-state index >= 15 is 0 Å². The molecule has 1 fully saturated rings. The van der Waals surface area contributed by atoms with Crippen LogP contribution in [0.4, 0.5) is 5.69 Å². The molecular formula is C16H21N3O2. The largest absolute Gasteiger partial charge is 0.482 e. The smallest absolute Gasteiger partial charge is 0.258 e. The number of hydrogen-bond acceptors (Lipinski definition) is 4. The maximum Gasteiger partial charge on any atom is 0.258 e. The van der Waals surface area contributed by atoms with E-state index < -0.39 is 0 Å². The van der Waals surface area contributed by atoms with E-state index in [4.69, 9.17) is 15.7 Å². The van der Waals surface area contributed by atoms with Gasteiger partial charge in [0.1, 0.15) is 5.75 Å². The average Bonchev–Trinajstić information content (AvgIpc) is 2.74. The molecule has 0 bridgehead atoms. The molecule has 1 amide bonds. The normalized spacial score (nSPS) is 15.8. The number of nitrogens with zero attached hydrogens (tertiary/aromatic N) is 1. The number of carbonyl (C=O) groups is 1. The number of hydrogen-bond donors (Lipinski definition) is 2. The molecule has 1 aromatic carbocycles. The number of anilines is 1. The van der Waals surface area contributed by atoms with E-state index in [0.717, 1.165) is 12.8 Å². The standard InChI is InChI=1S/C16H21N3O2/c17-10-12-7-8-15(14(18)9-12)21-11-16(20)19-13-5-3-1-2-4-6-13/h7-9,13H,1-6,11,18H2,(H,19,20). The maximum absolute atomic E-state index is 11.9. The molecule has 2 rings (SSSR count). The summed E-state index contributed by atoms with van der Waals surface area (Å²) in [4.78, 5) is 11.9. The van der Waals surface area contributed by atoms with Crippen molar-refractivity contribution in [2.75, 3.05) is 12.3 Å². The Bertz CT molecular complexity index is 529. The minimum absolute atomic E-state index is 0.0490. The molecule has 1 aliphatic rings. The summed E-state index contributed by atoms with van der Waals surface area (Å²) in [7, 11) is 0. The van der Waals surface area contributed by atoms with Gasteiger partial charge >= 0.3 is 0 Å². The van der Waals surface area contributed by atoms with Crippen molar-refractivity contribution in [3.63, 3.8) is 0 Å². The molecule has 0 unspecified atom stereocenters. The number of ether oxygens (including phenoxy) is 1. The monoisotopic (exact) mass is 287 g/mol. The first-order valence-corrected chi connectivity index (χ1v) is 7.41. The van der Waals surface area contributed by atoms with Crippen LogP contribution >= 0.6 is 0 Å². The van der Waals surface area contributed by atoms with Gasteiger partial charge in [-0.05, 0) is 31.0 Å². The Labute approximate surface area is 125 Å². The van der Waals surface area contributed by atoms with E-state index in [9.17, 15) is 4.79 Å². The molecule has 0 saturated heterocycles. The zero-order valence-corrected chi connectivity index (χ0v) is 12.1. The van der Waals surface area contributed by atoms with E-state index in [1.807, 2.05) is 6.07 Å². The van der Waals surface area contributed by atoms with E-state index in [0.29, 0.717) is 17.0 Å². The van der Waals surface area contributed by atoms with Crippen molar-refractivity contribution >= 4 is 11.6 Å². The molecule has 3 N–H and O–H groups in total. The lowest BCUT2D eigenvalue weighted by Crippen LogP contribution is -2.37. The Kier molecular flexibility index (Phi) is 5.44. The Morgan fingerprint density at radius 1 is 1.33 bits per heavy atom. The molecule has 0 heterocycles. The lowest BCUT2D eigenvalue weighted by molar-refractivity contribution is -0.123. The zero-order chi connectivity index (χ0) is 15.1. The lowest BCUT2D eigenvalue weighted by atomic mass is 10.1. The number of rotatable bonds is 4. The van der Waals surface area contributed by atoms with Gasteiger partial charge in [-0.15, -0.1) is 0 Å². The van der Waals surface area contributed by atoms with E-state index in [2.05, 4.69) is 5.32 Å². The number of nitriles is 1. The van der Waals surface area contributed by atoms with Crippen LogP contribution in [0, 0.1) is 11.3 Å². The van der Waals surface area contributed by atoms with E-state index in [1.54, 1.807) is 18.2 Å². The molecule has 5 nitrogen and oxygen atoms in total. The number of amides is 1. The molecule has 112 valence electrons. The lowest BCUT2D eigenvalue weighted by Gasteiger charge is -2.16. The Morgan fingerprint density at radius 3 is 2.67 bits per heavy atom. The highest BCUT2D eigenvalue weighted by molar-refractivity contribution is 5.78. The van der Waals surface area contributed by atoms with Crippen LogP contribution in [0.2, 0.25) is 0 Å². The van der Waals surface area contributed by atoms with Crippen molar-refractivity contribution in [3.8, 4) is 11.8 Å². The third-order valence-corrected chi connectivity index (χ3v) is 3.72. The minimum Gasteiger partial charge on any atom is -0.482 e. The molecular weight excluding hydrogens is 266 g/mol. The number of carbonyl (C=O) groups excluding carboxylic acids is 1. The van der Waals surface area contributed by atoms with Gasteiger partial charge in [0.15, 0.2) is 6.61 Å². The number of benzene rings is 1. The number of nitrogen functional groups attached to an aromatic ring is 1. The summed E-state index contributed by atoms with van der Waals surface area (Å²) in [6.45, 7) is -0.0490. The second kappa shape index (κ2) is 7.53. The third-order valence-electron chi connectivity index (χ3n) is 3.72. The predicted molar refractivity (Wildman–Crippen MR) is 80.7 cm³/mol. The highest BCUT2D eigenvalue weighted by Gasteiger charge is 2.15. The van der Waals surface area contributed by atoms with Crippen molar-refractivity contribution < 1.29 is 9.53 Å². The van der Waals surface area contributed by atoms with Crippen molar-refractivity contribution in [2.45, 2.75) is 44.6 Å². The molecule has 0 atom stereocenters. The molecule has 21 heavy (non-hydrogen) atoms. The van der Waals surface area contributed by atoms with Crippen molar-refractivity contribution in [2.24, 2.45) is 0 Å².